The summed E-state index contributed by atoms with van der Waals surface area (Å²) in [5, 5.41) is 4.75. The third kappa shape index (κ3) is 3.41. The van der Waals surface area contributed by atoms with Gasteiger partial charge in [-0.05, 0) is 24.6 Å². The molecule has 6 nitrogen and oxygen atoms in total. The van der Waals surface area contributed by atoms with E-state index in [1.165, 1.54) is 17.3 Å². The fourth-order valence-electron chi connectivity index (χ4n) is 3.90. The number of aromatic nitrogens is 2. The van der Waals surface area contributed by atoms with E-state index in [9.17, 15) is 4.79 Å². The predicted molar refractivity (Wildman–Crippen MR) is 117 cm³/mol. The molecule has 5 rings (SSSR count). The van der Waals surface area contributed by atoms with E-state index >= 15 is 0 Å². The van der Waals surface area contributed by atoms with Crippen molar-refractivity contribution in [1.29, 1.82) is 0 Å². The number of nitrogens with zero attached hydrogens (tertiary/aromatic N) is 4. The average molecular weight is 398 g/mol. The molecule has 0 radical (unpaired) electrons. The van der Waals surface area contributed by atoms with Crippen LogP contribution in [0.15, 0.2) is 71.4 Å². The summed E-state index contributed by atoms with van der Waals surface area (Å²) in [6.45, 7) is 4.80. The van der Waals surface area contributed by atoms with Crippen molar-refractivity contribution in [3.8, 4) is 11.1 Å². The maximum absolute atomic E-state index is 12.5. The second-order valence-electron chi connectivity index (χ2n) is 7.57. The third-order valence-corrected chi connectivity index (χ3v) is 5.61. The molecule has 0 unspecified atom stereocenters. The first-order valence-electron chi connectivity index (χ1n) is 10.1. The van der Waals surface area contributed by atoms with Gasteiger partial charge < -0.3 is 14.3 Å². The van der Waals surface area contributed by atoms with Gasteiger partial charge in [0.25, 0.3) is 5.91 Å². The standard InChI is InChI=1S/C24H22N4O2/c1-17-5-7-18(8-6-17)20-4-2-3-19-9-10-22(26-23(19)20)27-13-15-28(16-14-27)24(29)21-11-12-25-30-21/h2-12H,13-16H2,1H3. The number of pyridine rings is 1. The summed E-state index contributed by atoms with van der Waals surface area (Å²) in [7, 11) is 0. The van der Waals surface area contributed by atoms with Crippen LogP contribution in [0.3, 0.4) is 0 Å². The van der Waals surface area contributed by atoms with E-state index in [2.05, 4.69) is 71.6 Å². The number of aryl methyl sites for hydroxylation is 1. The lowest BCUT2D eigenvalue weighted by molar-refractivity contribution is 0.0704. The van der Waals surface area contributed by atoms with Gasteiger partial charge in [-0.25, -0.2) is 4.98 Å². The summed E-state index contributed by atoms with van der Waals surface area (Å²) in [5.74, 6) is 1.11. The smallest absolute Gasteiger partial charge is 0.292 e. The topological polar surface area (TPSA) is 62.5 Å². The molecule has 1 amide bonds. The Bertz CT molecular complexity index is 1180. The molecule has 1 aliphatic rings. The molecule has 2 aromatic heterocycles. The largest absolute Gasteiger partial charge is 0.353 e. The summed E-state index contributed by atoms with van der Waals surface area (Å²) in [6.07, 6.45) is 1.49. The Morgan fingerprint density at radius 1 is 0.933 bits per heavy atom. The molecule has 0 aliphatic carbocycles. The van der Waals surface area contributed by atoms with Crippen molar-refractivity contribution in [3.63, 3.8) is 0 Å². The van der Waals surface area contributed by atoms with Crippen molar-refractivity contribution in [1.82, 2.24) is 15.0 Å². The SMILES string of the molecule is Cc1ccc(-c2cccc3ccc(N4CCN(C(=O)c5ccno5)CC4)nc23)cc1. The Labute approximate surface area is 174 Å². The summed E-state index contributed by atoms with van der Waals surface area (Å²) >= 11 is 0. The van der Waals surface area contributed by atoms with Crippen LogP contribution in [0.2, 0.25) is 0 Å². The predicted octanol–water partition coefficient (Wildman–Crippen LogP) is 4.16. The Hall–Kier alpha value is -3.67. The van der Waals surface area contributed by atoms with Gasteiger partial charge in [0.2, 0.25) is 5.76 Å². The van der Waals surface area contributed by atoms with Crippen molar-refractivity contribution in [2.45, 2.75) is 6.92 Å². The summed E-state index contributed by atoms with van der Waals surface area (Å²) in [6, 6.07) is 20.6. The fraction of sp³-hybridized carbons (Fsp3) is 0.208. The molecule has 1 fully saturated rings. The number of hydrogen-bond donors (Lipinski definition) is 0. The van der Waals surface area contributed by atoms with E-state index in [4.69, 9.17) is 9.51 Å². The van der Waals surface area contributed by atoms with Gasteiger partial charge in [0.05, 0.1) is 11.7 Å². The molecule has 0 saturated carbocycles. The molecule has 0 bridgehead atoms. The van der Waals surface area contributed by atoms with Gasteiger partial charge in [-0.2, -0.15) is 0 Å². The number of amides is 1. The molecule has 6 heteroatoms. The zero-order valence-corrected chi connectivity index (χ0v) is 16.8. The van der Waals surface area contributed by atoms with E-state index in [1.54, 1.807) is 11.0 Å². The Kier molecular flexibility index (Phi) is 4.67. The van der Waals surface area contributed by atoms with E-state index in [-0.39, 0.29) is 11.7 Å². The van der Waals surface area contributed by atoms with Crippen LogP contribution in [0.5, 0.6) is 0 Å². The van der Waals surface area contributed by atoms with Crippen LogP contribution < -0.4 is 4.90 Å². The minimum Gasteiger partial charge on any atom is -0.353 e. The lowest BCUT2D eigenvalue weighted by atomic mass is 10.0. The molecular weight excluding hydrogens is 376 g/mol. The molecular formula is C24H22N4O2. The second kappa shape index (κ2) is 7.63. The molecule has 150 valence electrons. The van der Waals surface area contributed by atoms with E-state index < -0.39 is 0 Å². The summed E-state index contributed by atoms with van der Waals surface area (Å²) in [4.78, 5) is 21.5. The number of hydrogen-bond acceptors (Lipinski definition) is 5. The van der Waals surface area contributed by atoms with E-state index in [0.717, 1.165) is 35.4 Å². The fourth-order valence-corrected chi connectivity index (χ4v) is 3.90. The molecule has 2 aromatic carbocycles. The zero-order chi connectivity index (χ0) is 20.5. The van der Waals surface area contributed by atoms with Gasteiger partial charge in [0, 0.05) is 43.2 Å². The summed E-state index contributed by atoms with van der Waals surface area (Å²) < 4.78 is 5.00. The number of piperazine rings is 1. The van der Waals surface area contributed by atoms with Gasteiger partial charge in [-0.1, -0.05) is 53.2 Å². The zero-order valence-electron chi connectivity index (χ0n) is 16.8. The van der Waals surface area contributed by atoms with Gasteiger partial charge >= 0.3 is 0 Å². The first-order valence-corrected chi connectivity index (χ1v) is 10.1. The number of carbonyl (C=O) groups is 1. The minimum atomic E-state index is -0.111. The highest BCUT2D eigenvalue weighted by molar-refractivity contribution is 5.94. The van der Waals surface area contributed by atoms with Gasteiger partial charge in [0.15, 0.2) is 0 Å². The normalized spacial score (nSPS) is 14.3. The maximum atomic E-state index is 12.5. The Balaban J connectivity index is 1.40. The number of carbonyl (C=O) groups excluding carboxylic acids is 1. The van der Waals surface area contributed by atoms with Crippen molar-refractivity contribution >= 4 is 22.6 Å². The Morgan fingerprint density at radius 2 is 1.73 bits per heavy atom. The van der Waals surface area contributed by atoms with Crippen LogP contribution in [0.25, 0.3) is 22.0 Å². The van der Waals surface area contributed by atoms with E-state index in [0.29, 0.717) is 13.1 Å². The first-order chi connectivity index (χ1) is 14.7. The molecule has 0 atom stereocenters. The number of para-hydroxylation sites is 1. The van der Waals surface area contributed by atoms with Crippen molar-refractivity contribution in [3.05, 3.63) is 78.2 Å². The van der Waals surface area contributed by atoms with E-state index in [1.807, 2.05) is 0 Å². The van der Waals surface area contributed by atoms with Crippen molar-refractivity contribution in [2.75, 3.05) is 31.1 Å². The lowest BCUT2D eigenvalue weighted by Gasteiger charge is -2.35. The third-order valence-electron chi connectivity index (χ3n) is 5.61. The van der Waals surface area contributed by atoms with Crippen LogP contribution in [-0.4, -0.2) is 47.1 Å². The first kappa shape index (κ1) is 18.4. The number of rotatable bonds is 3. The summed E-state index contributed by atoms with van der Waals surface area (Å²) in [5.41, 5.74) is 4.54. The molecule has 0 spiro atoms. The average Bonchev–Trinajstić information content (AvgIpc) is 3.34. The molecule has 0 N–H and O–H groups in total. The highest BCUT2D eigenvalue weighted by Crippen LogP contribution is 2.29. The second-order valence-corrected chi connectivity index (χ2v) is 7.57. The van der Waals surface area contributed by atoms with Gasteiger partial charge in [-0.15, -0.1) is 0 Å². The number of anilines is 1. The van der Waals surface area contributed by atoms with Crippen molar-refractivity contribution < 1.29 is 9.32 Å². The van der Waals surface area contributed by atoms with Gasteiger partial charge in [0.1, 0.15) is 5.82 Å². The van der Waals surface area contributed by atoms with Crippen LogP contribution in [0, 0.1) is 6.92 Å². The van der Waals surface area contributed by atoms with Crippen LogP contribution in [0.1, 0.15) is 16.1 Å². The monoisotopic (exact) mass is 398 g/mol. The van der Waals surface area contributed by atoms with Crippen LogP contribution in [0.4, 0.5) is 5.82 Å². The molecule has 1 aliphatic heterocycles. The van der Waals surface area contributed by atoms with Crippen LogP contribution >= 0.6 is 0 Å². The molecule has 4 aromatic rings. The highest BCUT2D eigenvalue weighted by Gasteiger charge is 2.25. The lowest BCUT2D eigenvalue weighted by Crippen LogP contribution is -2.49. The molecule has 1 saturated heterocycles. The maximum Gasteiger partial charge on any atom is 0.292 e. The quantitative estimate of drug-likeness (QED) is 0.519. The van der Waals surface area contributed by atoms with Crippen LogP contribution in [-0.2, 0) is 0 Å². The number of fused-ring (bicyclic) bond motifs is 1. The highest BCUT2D eigenvalue weighted by atomic mass is 16.5. The molecule has 30 heavy (non-hydrogen) atoms. The minimum absolute atomic E-state index is 0.111. The van der Waals surface area contributed by atoms with Crippen molar-refractivity contribution in [2.24, 2.45) is 0 Å². The Morgan fingerprint density at radius 3 is 2.47 bits per heavy atom. The molecule has 3 heterocycles. The van der Waals surface area contributed by atoms with Gasteiger partial charge in [-0.3, -0.25) is 4.79 Å². The number of benzene rings is 2.